The predicted molar refractivity (Wildman–Crippen MR) is 78.2 cm³/mol. The maximum atomic E-state index is 12.1. The molecular weight excluding hydrogens is 284 g/mol. The van der Waals surface area contributed by atoms with E-state index in [2.05, 4.69) is 20.8 Å². The maximum Gasteiger partial charge on any atom is 0.346 e. The van der Waals surface area contributed by atoms with Crippen molar-refractivity contribution in [2.24, 2.45) is 17.8 Å². The van der Waals surface area contributed by atoms with Gasteiger partial charge < -0.3 is 9.47 Å². The molecule has 19 heavy (non-hydrogen) atoms. The van der Waals surface area contributed by atoms with Gasteiger partial charge in [0.15, 0.2) is 0 Å². The first-order chi connectivity index (χ1) is 8.97. The Hall–Kier alpha value is 0.0700. The Morgan fingerprint density at radius 3 is 2.74 bits per heavy atom. The van der Waals surface area contributed by atoms with E-state index in [-0.39, 0.29) is 17.6 Å². The van der Waals surface area contributed by atoms with Crippen LogP contribution in [0.2, 0.25) is 0 Å². The zero-order chi connectivity index (χ0) is 14.0. The average molecular weight is 307 g/mol. The number of alkyl halides is 1. The number of carbonyl (C=O) groups is 1. The summed E-state index contributed by atoms with van der Waals surface area (Å²) in [5, 5.41) is 0. The normalized spacial score (nSPS) is 39.5. The van der Waals surface area contributed by atoms with Crippen molar-refractivity contribution in [1.29, 1.82) is 0 Å². The molecule has 5 atom stereocenters. The third kappa shape index (κ3) is 4.02. The molecule has 1 saturated carbocycles. The number of thioether (sulfide) groups is 1. The molecule has 1 aliphatic heterocycles. The van der Waals surface area contributed by atoms with Gasteiger partial charge in [0.2, 0.25) is 5.44 Å². The van der Waals surface area contributed by atoms with Gasteiger partial charge in [-0.05, 0) is 30.6 Å². The van der Waals surface area contributed by atoms with Gasteiger partial charge in [-0.2, -0.15) is 0 Å². The highest BCUT2D eigenvalue weighted by molar-refractivity contribution is 8.00. The van der Waals surface area contributed by atoms with Gasteiger partial charge >= 0.3 is 5.97 Å². The zero-order valence-electron chi connectivity index (χ0n) is 11.8. The van der Waals surface area contributed by atoms with Crippen LogP contribution in [0.3, 0.4) is 0 Å². The Morgan fingerprint density at radius 1 is 1.42 bits per heavy atom. The molecule has 0 bridgehead atoms. The lowest BCUT2D eigenvalue weighted by molar-refractivity contribution is -0.163. The number of esters is 1. The Balaban J connectivity index is 1.92. The molecule has 2 rings (SSSR count). The van der Waals surface area contributed by atoms with E-state index in [1.54, 1.807) is 0 Å². The van der Waals surface area contributed by atoms with Gasteiger partial charge in [-0.15, -0.1) is 11.8 Å². The smallest absolute Gasteiger partial charge is 0.346 e. The summed E-state index contributed by atoms with van der Waals surface area (Å²) in [4.78, 5) is 12.1. The van der Waals surface area contributed by atoms with Crippen molar-refractivity contribution in [3.8, 4) is 0 Å². The molecule has 1 aliphatic carbocycles. The Labute approximate surface area is 124 Å². The highest BCUT2D eigenvalue weighted by atomic mass is 35.5. The molecule has 2 fully saturated rings. The van der Waals surface area contributed by atoms with Gasteiger partial charge in [-0.1, -0.05) is 38.8 Å². The highest BCUT2D eigenvalue weighted by Gasteiger charge is 2.37. The number of ether oxygens (including phenoxy) is 2. The molecule has 3 nitrogen and oxygen atoms in total. The third-order valence-corrected chi connectivity index (χ3v) is 5.61. The minimum absolute atomic E-state index is 0.0369. The van der Waals surface area contributed by atoms with E-state index in [1.165, 1.54) is 18.2 Å². The van der Waals surface area contributed by atoms with Crippen LogP contribution in [0.4, 0.5) is 0 Å². The minimum Gasteiger partial charge on any atom is -0.459 e. The van der Waals surface area contributed by atoms with Crippen molar-refractivity contribution in [2.75, 3.05) is 5.75 Å². The van der Waals surface area contributed by atoms with Crippen molar-refractivity contribution in [3.05, 3.63) is 0 Å². The second-order valence-corrected chi connectivity index (χ2v) is 7.59. The number of hydrogen-bond acceptors (Lipinski definition) is 4. The van der Waals surface area contributed by atoms with Gasteiger partial charge in [-0.3, -0.25) is 0 Å². The van der Waals surface area contributed by atoms with Crippen LogP contribution in [-0.2, 0) is 14.3 Å². The van der Waals surface area contributed by atoms with Crippen LogP contribution in [-0.4, -0.2) is 28.8 Å². The molecule has 0 aromatic rings. The predicted octanol–water partition coefficient (Wildman–Crippen LogP) is 3.64. The van der Waals surface area contributed by atoms with E-state index in [4.69, 9.17) is 21.1 Å². The van der Waals surface area contributed by atoms with Crippen molar-refractivity contribution >= 4 is 29.3 Å². The monoisotopic (exact) mass is 306 g/mol. The molecule has 0 spiro atoms. The summed E-state index contributed by atoms with van der Waals surface area (Å²) >= 11 is 7.27. The van der Waals surface area contributed by atoms with E-state index in [0.29, 0.717) is 23.5 Å². The highest BCUT2D eigenvalue weighted by Crippen LogP contribution is 2.36. The summed E-state index contributed by atoms with van der Waals surface area (Å²) in [5.41, 5.74) is -0.902. The zero-order valence-corrected chi connectivity index (χ0v) is 13.4. The van der Waals surface area contributed by atoms with E-state index in [9.17, 15) is 4.79 Å². The van der Waals surface area contributed by atoms with Crippen LogP contribution in [0.15, 0.2) is 0 Å². The summed E-state index contributed by atoms with van der Waals surface area (Å²) in [6.07, 6.45) is 3.38. The molecule has 1 saturated heterocycles. The summed E-state index contributed by atoms with van der Waals surface area (Å²) in [7, 11) is 0. The van der Waals surface area contributed by atoms with Crippen LogP contribution in [0.5, 0.6) is 0 Å². The molecule has 2 aliphatic rings. The fourth-order valence-corrected chi connectivity index (χ4v) is 4.15. The second-order valence-electron chi connectivity index (χ2n) is 6.01. The lowest BCUT2D eigenvalue weighted by Crippen LogP contribution is -2.38. The van der Waals surface area contributed by atoms with Gasteiger partial charge in [0, 0.05) is 5.75 Å². The topological polar surface area (TPSA) is 35.5 Å². The molecule has 0 amide bonds. The molecule has 110 valence electrons. The van der Waals surface area contributed by atoms with Crippen LogP contribution in [0.25, 0.3) is 0 Å². The lowest BCUT2D eigenvalue weighted by atomic mass is 9.75. The molecule has 0 aromatic heterocycles. The maximum absolute atomic E-state index is 12.1. The van der Waals surface area contributed by atoms with Crippen molar-refractivity contribution in [1.82, 2.24) is 0 Å². The quantitative estimate of drug-likeness (QED) is 0.589. The largest absolute Gasteiger partial charge is 0.459 e. The number of hydrogen-bond donors (Lipinski definition) is 0. The molecular formula is C14H23ClO3S. The SMILES string of the molecule is CC1CCC(C(C)C)C(OC(=O)C2OC(Cl)CS2)C1. The molecule has 0 aromatic carbocycles. The number of halogens is 1. The molecule has 0 N–H and O–H groups in total. The van der Waals surface area contributed by atoms with E-state index >= 15 is 0 Å². The van der Waals surface area contributed by atoms with Crippen LogP contribution in [0, 0.1) is 17.8 Å². The molecule has 5 heteroatoms. The van der Waals surface area contributed by atoms with Crippen LogP contribution >= 0.6 is 23.4 Å². The molecule has 5 unspecified atom stereocenters. The minimum atomic E-state index is -0.535. The standard InChI is InChI=1S/C14H23ClO3S/c1-8(2)10-5-4-9(3)6-11(10)17-13(16)14-18-12(15)7-19-14/h8-12,14H,4-7H2,1-3H3. The second kappa shape index (κ2) is 6.68. The molecule has 0 radical (unpaired) electrons. The Kier molecular flexibility index (Phi) is 5.44. The number of carbonyl (C=O) groups excluding carboxylic acids is 1. The van der Waals surface area contributed by atoms with Crippen molar-refractivity contribution in [3.63, 3.8) is 0 Å². The Morgan fingerprint density at radius 2 is 2.16 bits per heavy atom. The van der Waals surface area contributed by atoms with E-state index in [1.807, 2.05) is 0 Å². The van der Waals surface area contributed by atoms with Crippen molar-refractivity contribution < 1.29 is 14.3 Å². The summed E-state index contributed by atoms with van der Waals surface area (Å²) in [6.45, 7) is 6.64. The first-order valence-electron chi connectivity index (χ1n) is 7.09. The van der Waals surface area contributed by atoms with Crippen molar-refractivity contribution in [2.45, 2.75) is 57.1 Å². The first kappa shape index (κ1) is 15.5. The summed E-state index contributed by atoms with van der Waals surface area (Å²) in [6, 6.07) is 0. The first-order valence-corrected chi connectivity index (χ1v) is 8.57. The lowest BCUT2D eigenvalue weighted by Gasteiger charge is -2.37. The summed E-state index contributed by atoms with van der Waals surface area (Å²) in [5.74, 6) is 2.04. The fraction of sp³-hybridized carbons (Fsp3) is 0.929. The van der Waals surface area contributed by atoms with E-state index < -0.39 is 5.44 Å². The van der Waals surface area contributed by atoms with Crippen LogP contribution < -0.4 is 0 Å². The van der Waals surface area contributed by atoms with Gasteiger partial charge in [0.1, 0.15) is 11.7 Å². The average Bonchev–Trinajstić information content (AvgIpc) is 2.75. The fourth-order valence-electron chi connectivity index (χ4n) is 2.95. The van der Waals surface area contributed by atoms with Gasteiger partial charge in [0.25, 0.3) is 0 Å². The van der Waals surface area contributed by atoms with Gasteiger partial charge in [0.05, 0.1) is 0 Å². The van der Waals surface area contributed by atoms with E-state index in [0.717, 1.165) is 12.8 Å². The third-order valence-electron chi connectivity index (χ3n) is 4.07. The van der Waals surface area contributed by atoms with Gasteiger partial charge in [-0.25, -0.2) is 4.79 Å². The molecule has 1 heterocycles. The van der Waals surface area contributed by atoms with Crippen LogP contribution in [0.1, 0.15) is 40.0 Å². The number of rotatable bonds is 3. The Bertz CT molecular complexity index is 324. The summed E-state index contributed by atoms with van der Waals surface area (Å²) < 4.78 is 11.1.